The third-order valence-electron chi connectivity index (χ3n) is 5.24. The number of ether oxygens (including phenoxy) is 1. The SMILES string of the molecule is OC(c1cccnc1-c1cc(Cl)cc(Cl)c1)C(c1ccc(F)cc1)N1CCOCC1. The van der Waals surface area contributed by atoms with Crippen molar-refractivity contribution >= 4 is 23.2 Å². The zero-order valence-corrected chi connectivity index (χ0v) is 17.7. The Balaban J connectivity index is 1.78. The van der Waals surface area contributed by atoms with E-state index >= 15 is 0 Å². The zero-order chi connectivity index (χ0) is 21.1. The molecule has 4 rings (SSSR count). The Bertz CT molecular complexity index is 990. The van der Waals surface area contributed by atoms with Gasteiger partial charge in [-0.1, -0.05) is 41.4 Å². The highest BCUT2D eigenvalue weighted by atomic mass is 35.5. The number of aliphatic hydroxyl groups excluding tert-OH is 1. The number of halogens is 3. The number of hydrogen-bond donors (Lipinski definition) is 1. The first-order valence-electron chi connectivity index (χ1n) is 9.69. The van der Waals surface area contributed by atoms with Gasteiger partial charge in [-0.3, -0.25) is 9.88 Å². The summed E-state index contributed by atoms with van der Waals surface area (Å²) >= 11 is 12.4. The topological polar surface area (TPSA) is 45.6 Å². The van der Waals surface area contributed by atoms with E-state index in [1.165, 1.54) is 12.1 Å². The number of aromatic nitrogens is 1. The maximum absolute atomic E-state index is 13.5. The van der Waals surface area contributed by atoms with E-state index in [1.807, 2.05) is 6.07 Å². The van der Waals surface area contributed by atoms with Gasteiger partial charge in [0.25, 0.3) is 0 Å². The summed E-state index contributed by atoms with van der Waals surface area (Å²) in [5.74, 6) is -0.315. The van der Waals surface area contributed by atoms with Crippen LogP contribution in [-0.4, -0.2) is 41.3 Å². The highest BCUT2D eigenvalue weighted by Gasteiger charge is 2.32. The fraction of sp³-hybridized carbons (Fsp3) is 0.261. The smallest absolute Gasteiger partial charge is 0.123 e. The molecule has 2 atom stereocenters. The van der Waals surface area contributed by atoms with Gasteiger partial charge in [0.05, 0.1) is 24.9 Å². The molecule has 4 nitrogen and oxygen atoms in total. The average Bonchev–Trinajstić information content (AvgIpc) is 2.75. The zero-order valence-electron chi connectivity index (χ0n) is 16.1. The summed E-state index contributed by atoms with van der Waals surface area (Å²) < 4.78 is 19.0. The number of aliphatic hydroxyl groups is 1. The summed E-state index contributed by atoms with van der Waals surface area (Å²) in [5, 5.41) is 12.5. The molecule has 1 aromatic heterocycles. The second-order valence-electron chi connectivity index (χ2n) is 7.19. The molecule has 2 unspecified atom stereocenters. The third-order valence-corrected chi connectivity index (χ3v) is 5.68. The van der Waals surface area contributed by atoms with Crippen molar-refractivity contribution < 1.29 is 14.2 Å². The van der Waals surface area contributed by atoms with E-state index in [9.17, 15) is 9.50 Å². The normalized spacial score (nSPS) is 16.9. The first-order chi connectivity index (χ1) is 14.5. The Kier molecular flexibility index (Phi) is 6.66. The maximum atomic E-state index is 13.5. The molecule has 0 amide bonds. The minimum Gasteiger partial charge on any atom is -0.386 e. The van der Waals surface area contributed by atoms with E-state index < -0.39 is 6.10 Å². The lowest BCUT2D eigenvalue weighted by molar-refractivity contribution is -0.0238. The molecule has 3 aromatic rings. The number of morpholine rings is 1. The summed E-state index contributed by atoms with van der Waals surface area (Å²) in [5.41, 5.74) is 2.80. The molecular formula is C23H21Cl2FN2O2. The van der Waals surface area contributed by atoms with E-state index in [0.29, 0.717) is 47.6 Å². The molecule has 156 valence electrons. The van der Waals surface area contributed by atoms with Crippen LogP contribution < -0.4 is 0 Å². The summed E-state index contributed by atoms with van der Waals surface area (Å²) in [6.07, 6.45) is 0.761. The van der Waals surface area contributed by atoms with Crippen LogP contribution in [0.1, 0.15) is 23.3 Å². The quantitative estimate of drug-likeness (QED) is 0.577. The van der Waals surface area contributed by atoms with Crippen molar-refractivity contribution in [2.45, 2.75) is 12.1 Å². The number of rotatable bonds is 5. The van der Waals surface area contributed by atoms with Crippen molar-refractivity contribution in [2.24, 2.45) is 0 Å². The lowest BCUT2D eigenvalue weighted by atomic mass is 9.91. The fourth-order valence-corrected chi connectivity index (χ4v) is 4.39. The summed E-state index contributed by atoms with van der Waals surface area (Å²) in [7, 11) is 0. The summed E-state index contributed by atoms with van der Waals surface area (Å²) in [6.45, 7) is 2.48. The minimum absolute atomic E-state index is 0.315. The van der Waals surface area contributed by atoms with Crippen LogP contribution >= 0.6 is 23.2 Å². The standard InChI is InChI=1S/C23H21Cl2FN2O2/c24-17-12-16(13-18(25)14-17)21-20(2-1-7-27-21)23(29)22(28-8-10-30-11-9-28)15-3-5-19(26)6-4-15/h1-7,12-14,22-23,29H,8-11H2. The van der Waals surface area contributed by atoms with E-state index in [2.05, 4.69) is 9.88 Å². The van der Waals surface area contributed by atoms with Crippen molar-refractivity contribution in [1.29, 1.82) is 0 Å². The van der Waals surface area contributed by atoms with Crippen LogP contribution in [0.15, 0.2) is 60.8 Å². The lowest BCUT2D eigenvalue weighted by Gasteiger charge is -2.38. The molecule has 1 fully saturated rings. The molecule has 0 aliphatic carbocycles. The predicted octanol–water partition coefficient (Wildman–Crippen LogP) is 5.30. The number of nitrogens with zero attached hydrogens (tertiary/aromatic N) is 2. The van der Waals surface area contributed by atoms with E-state index in [0.717, 1.165) is 11.1 Å². The van der Waals surface area contributed by atoms with Crippen LogP contribution in [0.5, 0.6) is 0 Å². The molecule has 1 aliphatic heterocycles. The second kappa shape index (κ2) is 9.41. The summed E-state index contributed by atoms with van der Waals surface area (Å²) in [4.78, 5) is 6.66. The van der Waals surface area contributed by atoms with Crippen molar-refractivity contribution in [3.05, 3.63) is 87.8 Å². The molecule has 0 saturated carbocycles. The molecule has 0 bridgehead atoms. The molecule has 30 heavy (non-hydrogen) atoms. The van der Waals surface area contributed by atoms with Crippen molar-refractivity contribution in [3.8, 4) is 11.3 Å². The van der Waals surface area contributed by atoms with Crippen LogP contribution in [0.4, 0.5) is 4.39 Å². The Hall–Kier alpha value is -2.02. The third kappa shape index (κ3) is 4.66. The largest absolute Gasteiger partial charge is 0.386 e. The maximum Gasteiger partial charge on any atom is 0.123 e. The number of hydrogen-bond acceptors (Lipinski definition) is 4. The highest BCUT2D eigenvalue weighted by Crippen LogP contribution is 2.39. The molecule has 2 aromatic carbocycles. The monoisotopic (exact) mass is 446 g/mol. The van der Waals surface area contributed by atoms with E-state index in [-0.39, 0.29) is 11.9 Å². The number of benzene rings is 2. The predicted molar refractivity (Wildman–Crippen MR) is 116 cm³/mol. The Morgan fingerprint density at radius 1 is 1.00 bits per heavy atom. The van der Waals surface area contributed by atoms with Gasteiger partial charge in [0, 0.05) is 40.5 Å². The van der Waals surface area contributed by atoms with E-state index in [4.69, 9.17) is 27.9 Å². The van der Waals surface area contributed by atoms with Gasteiger partial charge >= 0.3 is 0 Å². The molecular weight excluding hydrogens is 426 g/mol. The van der Waals surface area contributed by atoms with Gasteiger partial charge in [-0.15, -0.1) is 0 Å². The van der Waals surface area contributed by atoms with Gasteiger partial charge in [0.2, 0.25) is 0 Å². The first-order valence-corrected chi connectivity index (χ1v) is 10.5. The molecule has 7 heteroatoms. The summed E-state index contributed by atoms with van der Waals surface area (Å²) in [6, 6.07) is 14.7. The fourth-order valence-electron chi connectivity index (χ4n) is 3.87. The molecule has 0 spiro atoms. The van der Waals surface area contributed by atoms with Gasteiger partial charge < -0.3 is 9.84 Å². The van der Waals surface area contributed by atoms with Crippen LogP contribution in [0, 0.1) is 5.82 Å². The Morgan fingerprint density at radius 2 is 1.67 bits per heavy atom. The van der Waals surface area contributed by atoms with Crippen LogP contribution in [0.25, 0.3) is 11.3 Å². The van der Waals surface area contributed by atoms with Crippen LogP contribution in [0.3, 0.4) is 0 Å². The van der Waals surface area contributed by atoms with Crippen LogP contribution in [-0.2, 0) is 4.74 Å². The Morgan fingerprint density at radius 3 is 2.33 bits per heavy atom. The Labute approximate surface area is 184 Å². The molecule has 1 N–H and O–H groups in total. The second-order valence-corrected chi connectivity index (χ2v) is 8.06. The molecule has 0 radical (unpaired) electrons. The van der Waals surface area contributed by atoms with Crippen molar-refractivity contribution in [3.63, 3.8) is 0 Å². The molecule has 2 heterocycles. The van der Waals surface area contributed by atoms with Gasteiger partial charge in [-0.2, -0.15) is 0 Å². The molecule has 1 aliphatic rings. The molecule has 1 saturated heterocycles. The van der Waals surface area contributed by atoms with Crippen molar-refractivity contribution in [2.75, 3.05) is 26.3 Å². The van der Waals surface area contributed by atoms with Gasteiger partial charge in [0.15, 0.2) is 0 Å². The van der Waals surface area contributed by atoms with Crippen molar-refractivity contribution in [1.82, 2.24) is 9.88 Å². The first kappa shape index (κ1) is 21.2. The number of pyridine rings is 1. The average molecular weight is 447 g/mol. The van der Waals surface area contributed by atoms with Gasteiger partial charge in [-0.05, 0) is 42.0 Å². The highest BCUT2D eigenvalue weighted by molar-refractivity contribution is 6.35. The minimum atomic E-state index is -0.907. The van der Waals surface area contributed by atoms with E-state index in [1.54, 1.807) is 42.6 Å². The van der Waals surface area contributed by atoms with Crippen LogP contribution in [0.2, 0.25) is 10.0 Å². The lowest BCUT2D eigenvalue weighted by Crippen LogP contribution is -2.41. The van der Waals surface area contributed by atoms with Gasteiger partial charge in [0.1, 0.15) is 11.9 Å². The van der Waals surface area contributed by atoms with Gasteiger partial charge in [-0.25, -0.2) is 4.39 Å².